The van der Waals surface area contributed by atoms with Gasteiger partial charge in [0.15, 0.2) is 0 Å². The molecule has 1 fully saturated rings. The third-order valence-corrected chi connectivity index (χ3v) is 7.00. The van der Waals surface area contributed by atoms with E-state index in [1.54, 1.807) is 16.9 Å². The van der Waals surface area contributed by atoms with Crippen LogP contribution < -0.4 is 9.46 Å². The minimum absolute atomic E-state index is 0.00579. The van der Waals surface area contributed by atoms with Gasteiger partial charge in [0.25, 0.3) is 0 Å². The highest BCUT2D eigenvalue weighted by Crippen LogP contribution is 2.14. The second kappa shape index (κ2) is 11.2. The van der Waals surface area contributed by atoms with Crippen LogP contribution in [0.25, 0.3) is 0 Å². The summed E-state index contributed by atoms with van der Waals surface area (Å²) in [7, 11) is -2.20. The zero-order valence-corrected chi connectivity index (χ0v) is 19.3. The number of sulfonamides is 1. The van der Waals surface area contributed by atoms with Gasteiger partial charge in [-0.25, -0.2) is 17.5 Å². The molecule has 0 spiro atoms. The number of ether oxygens (including phenoxy) is 1. The van der Waals surface area contributed by atoms with Crippen LogP contribution in [0.5, 0.6) is 5.75 Å². The van der Waals surface area contributed by atoms with Crippen molar-refractivity contribution in [2.75, 3.05) is 39.8 Å². The van der Waals surface area contributed by atoms with E-state index in [1.165, 1.54) is 12.1 Å². The van der Waals surface area contributed by atoms with E-state index in [2.05, 4.69) is 4.72 Å². The molecule has 1 aliphatic heterocycles. The fourth-order valence-electron chi connectivity index (χ4n) is 3.55. The molecule has 33 heavy (non-hydrogen) atoms. The van der Waals surface area contributed by atoms with Crippen molar-refractivity contribution in [2.45, 2.75) is 24.2 Å². The van der Waals surface area contributed by atoms with E-state index in [0.717, 1.165) is 23.4 Å². The minimum Gasteiger partial charge on any atom is -0.497 e. The van der Waals surface area contributed by atoms with E-state index in [9.17, 15) is 22.4 Å². The maximum Gasteiger partial charge on any atom is 0.240 e. The summed E-state index contributed by atoms with van der Waals surface area (Å²) >= 11 is 0. The van der Waals surface area contributed by atoms with E-state index in [-0.39, 0.29) is 29.7 Å². The molecule has 8 nitrogen and oxygen atoms in total. The van der Waals surface area contributed by atoms with Crippen molar-refractivity contribution in [3.63, 3.8) is 0 Å². The summed E-state index contributed by atoms with van der Waals surface area (Å²) in [5.74, 6) is 0.115. The van der Waals surface area contributed by atoms with Crippen LogP contribution >= 0.6 is 0 Å². The van der Waals surface area contributed by atoms with Gasteiger partial charge in [-0.2, -0.15) is 0 Å². The Bertz CT molecular complexity index is 1050. The standard InChI is InChI=1S/C23H28FN3O5S/c1-32-20-7-2-18(3-8-20)4-11-22(28)26-14-16-27(17-15-26)23(29)12-13-25-33(30,31)21-9-5-19(24)6-10-21/h2-3,5-10,25H,4,11-17H2,1H3. The Morgan fingerprint density at radius 1 is 0.909 bits per heavy atom. The maximum atomic E-state index is 13.0. The highest BCUT2D eigenvalue weighted by atomic mass is 32.2. The summed E-state index contributed by atoms with van der Waals surface area (Å²) < 4.78 is 44.9. The Balaban J connectivity index is 1.38. The van der Waals surface area contributed by atoms with Gasteiger partial charge in [-0.15, -0.1) is 0 Å². The second-order valence-corrected chi connectivity index (χ2v) is 9.48. The van der Waals surface area contributed by atoms with E-state index in [4.69, 9.17) is 4.74 Å². The van der Waals surface area contributed by atoms with Gasteiger partial charge in [0.1, 0.15) is 11.6 Å². The molecule has 0 aromatic heterocycles. The molecule has 2 aromatic rings. The average molecular weight is 478 g/mol. The molecule has 0 unspecified atom stereocenters. The van der Waals surface area contributed by atoms with Gasteiger partial charge in [-0.1, -0.05) is 12.1 Å². The van der Waals surface area contributed by atoms with Gasteiger partial charge in [-0.3, -0.25) is 9.59 Å². The van der Waals surface area contributed by atoms with Crippen LogP contribution in [0.2, 0.25) is 0 Å². The summed E-state index contributed by atoms with van der Waals surface area (Å²) in [4.78, 5) is 28.3. The first-order valence-corrected chi connectivity index (χ1v) is 12.2. The number of methoxy groups -OCH3 is 1. The number of nitrogens with one attached hydrogen (secondary N) is 1. The van der Waals surface area contributed by atoms with E-state index in [0.29, 0.717) is 39.0 Å². The molecule has 0 saturated carbocycles. The molecule has 2 aromatic carbocycles. The van der Waals surface area contributed by atoms with E-state index >= 15 is 0 Å². The Labute approximate surface area is 193 Å². The van der Waals surface area contributed by atoms with Crippen molar-refractivity contribution in [3.05, 3.63) is 59.9 Å². The Morgan fingerprint density at radius 2 is 1.45 bits per heavy atom. The largest absolute Gasteiger partial charge is 0.497 e. The Hall–Kier alpha value is -2.98. The average Bonchev–Trinajstić information content (AvgIpc) is 2.83. The Kier molecular flexibility index (Phi) is 8.40. The van der Waals surface area contributed by atoms with E-state index in [1.807, 2.05) is 24.3 Å². The molecule has 0 aliphatic carbocycles. The molecule has 3 rings (SSSR count). The highest BCUT2D eigenvalue weighted by Gasteiger charge is 2.24. The van der Waals surface area contributed by atoms with Crippen LogP contribution in [0, 0.1) is 5.82 Å². The summed E-state index contributed by atoms with van der Waals surface area (Å²) in [6, 6.07) is 12.1. The van der Waals surface area contributed by atoms with Crippen molar-refractivity contribution in [1.82, 2.24) is 14.5 Å². The molecule has 0 radical (unpaired) electrons. The molecule has 1 N–H and O–H groups in total. The van der Waals surface area contributed by atoms with Crippen molar-refractivity contribution in [3.8, 4) is 5.75 Å². The van der Waals surface area contributed by atoms with Gasteiger partial charge in [0, 0.05) is 45.6 Å². The van der Waals surface area contributed by atoms with E-state index < -0.39 is 15.8 Å². The zero-order chi connectivity index (χ0) is 23.8. The quantitative estimate of drug-likeness (QED) is 0.594. The predicted octanol–water partition coefficient (Wildman–Crippen LogP) is 1.81. The molecular formula is C23H28FN3O5S. The second-order valence-electron chi connectivity index (χ2n) is 7.71. The summed E-state index contributed by atoms with van der Waals surface area (Å²) in [5.41, 5.74) is 1.06. The number of hydrogen-bond acceptors (Lipinski definition) is 5. The third kappa shape index (κ3) is 7.00. The first kappa shape index (κ1) is 24.7. The Morgan fingerprint density at radius 3 is 2.00 bits per heavy atom. The number of carbonyl (C=O) groups is 2. The van der Waals surface area contributed by atoms with Crippen LogP contribution in [0.1, 0.15) is 18.4 Å². The van der Waals surface area contributed by atoms with Crippen LogP contribution in [-0.2, 0) is 26.0 Å². The lowest BCUT2D eigenvalue weighted by atomic mass is 10.1. The van der Waals surface area contributed by atoms with Gasteiger partial charge >= 0.3 is 0 Å². The number of halogens is 1. The van der Waals surface area contributed by atoms with Gasteiger partial charge in [0.2, 0.25) is 21.8 Å². The van der Waals surface area contributed by atoms with Crippen molar-refractivity contribution in [1.29, 1.82) is 0 Å². The van der Waals surface area contributed by atoms with Crippen LogP contribution in [0.3, 0.4) is 0 Å². The summed E-state index contributed by atoms with van der Waals surface area (Å²) in [6.45, 7) is 1.68. The first-order valence-electron chi connectivity index (χ1n) is 10.7. The molecular weight excluding hydrogens is 449 g/mol. The van der Waals surface area contributed by atoms with Crippen molar-refractivity contribution in [2.24, 2.45) is 0 Å². The van der Waals surface area contributed by atoms with Crippen LogP contribution in [0.15, 0.2) is 53.4 Å². The minimum atomic E-state index is -3.80. The lowest BCUT2D eigenvalue weighted by Gasteiger charge is -2.35. The highest BCUT2D eigenvalue weighted by molar-refractivity contribution is 7.89. The number of amides is 2. The molecule has 0 bridgehead atoms. The molecule has 1 saturated heterocycles. The topological polar surface area (TPSA) is 96.0 Å². The number of piperazine rings is 1. The van der Waals surface area contributed by atoms with Gasteiger partial charge in [0.05, 0.1) is 12.0 Å². The fraction of sp³-hybridized carbons (Fsp3) is 0.391. The van der Waals surface area contributed by atoms with Gasteiger partial charge < -0.3 is 14.5 Å². The lowest BCUT2D eigenvalue weighted by molar-refractivity contribution is -0.139. The zero-order valence-electron chi connectivity index (χ0n) is 18.5. The lowest BCUT2D eigenvalue weighted by Crippen LogP contribution is -2.51. The molecule has 2 amide bonds. The van der Waals surface area contributed by atoms with Gasteiger partial charge in [-0.05, 0) is 48.4 Å². The third-order valence-electron chi connectivity index (χ3n) is 5.53. The number of nitrogens with zero attached hydrogens (tertiary/aromatic N) is 2. The normalized spacial score (nSPS) is 14.2. The SMILES string of the molecule is COc1ccc(CCC(=O)N2CCN(C(=O)CCNS(=O)(=O)c3ccc(F)cc3)CC2)cc1. The number of carbonyl (C=O) groups excluding carboxylic acids is 2. The number of hydrogen-bond donors (Lipinski definition) is 1. The molecule has 1 heterocycles. The monoisotopic (exact) mass is 477 g/mol. The number of rotatable bonds is 9. The van der Waals surface area contributed by atoms with Crippen LogP contribution in [-0.4, -0.2) is 69.9 Å². The first-order chi connectivity index (χ1) is 15.8. The molecule has 178 valence electrons. The summed E-state index contributed by atoms with van der Waals surface area (Å²) in [5, 5.41) is 0. The number of benzene rings is 2. The molecule has 1 aliphatic rings. The van der Waals surface area contributed by atoms with Crippen molar-refractivity contribution < 1.29 is 27.1 Å². The van der Waals surface area contributed by atoms with Crippen molar-refractivity contribution >= 4 is 21.8 Å². The molecule has 0 atom stereocenters. The predicted molar refractivity (Wildman–Crippen MR) is 121 cm³/mol. The van der Waals surface area contributed by atoms with Crippen LogP contribution in [0.4, 0.5) is 4.39 Å². The molecule has 10 heteroatoms. The maximum absolute atomic E-state index is 13.0. The fourth-order valence-corrected chi connectivity index (χ4v) is 4.59. The smallest absolute Gasteiger partial charge is 0.240 e. The summed E-state index contributed by atoms with van der Waals surface area (Å²) in [6.07, 6.45) is 1.04. The number of aryl methyl sites for hydroxylation is 1.